The molecular formula is C27H28O2. The van der Waals surface area contributed by atoms with Crippen LogP contribution in [0.3, 0.4) is 0 Å². The normalized spacial score (nSPS) is 19.5. The Kier molecular flexibility index (Phi) is 5.94. The average Bonchev–Trinajstić information content (AvgIpc) is 3.57. The van der Waals surface area contributed by atoms with E-state index in [0.717, 1.165) is 23.1 Å². The lowest BCUT2D eigenvalue weighted by molar-refractivity contribution is 0.000565. The average molecular weight is 385 g/mol. The first-order valence-corrected chi connectivity index (χ1v) is 10.3. The number of aliphatic hydroxyl groups excluding tert-OH is 1. The molecular weight excluding hydrogens is 356 g/mol. The Morgan fingerprint density at radius 1 is 0.862 bits per heavy atom. The van der Waals surface area contributed by atoms with E-state index in [0.29, 0.717) is 24.9 Å². The summed E-state index contributed by atoms with van der Waals surface area (Å²) in [4.78, 5) is 0. The maximum atomic E-state index is 10.3. The van der Waals surface area contributed by atoms with E-state index in [1.165, 1.54) is 0 Å². The van der Waals surface area contributed by atoms with Gasteiger partial charge in [-0.1, -0.05) is 97.1 Å². The molecule has 0 saturated heterocycles. The van der Waals surface area contributed by atoms with Crippen molar-refractivity contribution in [3.63, 3.8) is 0 Å². The van der Waals surface area contributed by atoms with Gasteiger partial charge in [0.2, 0.25) is 0 Å². The Balaban J connectivity index is 1.72. The number of benzene rings is 3. The summed E-state index contributed by atoms with van der Waals surface area (Å²) in [6, 6.07) is 31.3. The largest absolute Gasteiger partial charge is 0.393 e. The fourth-order valence-electron chi connectivity index (χ4n) is 4.28. The monoisotopic (exact) mass is 384 g/mol. The minimum atomic E-state index is -0.680. The predicted molar refractivity (Wildman–Crippen MR) is 118 cm³/mol. The summed E-state index contributed by atoms with van der Waals surface area (Å²) in [6.07, 6.45) is 3.12. The van der Waals surface area contributed by atoms with Gasteiger partial charge in [0.1, 0.15) is 5.60 Å². The molecule has 1 saturated carbocycles. The highest BCUT2D eigenvalue weighted by Gasteiger charge is 2.45. The van der Waals surface area contributed by atoms with Crippen LogP contribution in [0.15, 0.2) is 104 Å². The van der Waals surface area contributed by atoms with E-state index in [4.69, 9.17) is 4.74 Å². The van der Waals surface area contributed by atoms with E-state index in [-0.39, 0.29) is 6.10 Å². The van der Waals surface area contributed by atoms with E-state index in [1.54, 1.807) is 6.08 Å². The van der Waals surface area contributed by atoms with Crippen molar-refractivity contribution in [2.75, 3.05) is 6.61 Å². The molecule has 3 aromatic rings. The van der Waals surface area contributed by atoms with Crippen molar-refractivity contribution in [3.05, 3.63) is 120 Å². The van der Waals surface area contributed by atoms with Crippen molar-refractivity contribution < 1.29 is 9.84 Å². The van der Waals surface area contributed by atoms with Gasteiger partial charge in [-0.2, -0.15) is 0 Å². The molecule has 2 heteroatoms. The molecule has 148 valence electrons. The van der Waals surface area contributed by atoms with Crippen molar-refractivity contribution in [2.24, 2.45) is 11.8 Å². The van der Waals surface area contributed by atoms with Crippen molar-refractivity contribution in [1.82, 2.24) is 0 Å². The van der Waals surface area contributed by atoms with Gasteiger partial charge in [0, 0.05) is 0 Å². The van der Waals surface area contributed by atoms with Crippen LogP contribution in [0.1, 0.15) is 29.5 Å². The third-order valence-electron chi connectivity index (χ3n) is 5.93. The lowest BCUT2D eigenvalue weighted by atomic mass is 9.80. The van der Waals surface area contributed by atoms with Crippen LogP contribution >= 0.6 is 0 Å². The number of ether oxygens (including phenoxy) is 1. The van der Waals surface area contributed by atoms with Crippen molar-refractivity contribution in [3.8, 4) is 0 Å². The van der Waals surface area contributed by atoms with Gasteiger partial charge >= 0.3 is 0 Å². The molecule has 4 rings (SSSR count). The molecule has 1 fully saturated rings. The van der Waals surface area contributed by atoms with Gasteiger partial charge in [-0.3, -0.25) is 0 Å². The Morgan fingerprint density at radius 3 is 1.72 bits per heavy atom. The molecule has 0 bridgehead atoms. The molecule has 0 aromatic heterocycles. The molecule has 2 nitrogen and oxygen atoms in total. The van der Waals surface area contributed by atoms with Gasteiger partial charge in [-0.25, -0.2) is 0 Å². The van der Waals surface area contributed by atoms with Gasteiger partial charge in [-0.05, 0) is 41.4 Å². The Bertz CT molecular complexity index is 808. The predicted octanol–water partition coefficient (Wildman–Crippen LogP) is 5.57. The topological polar surface area (TPSA) is 29.5 Å². The highest BCUT2D eigenvalue weighted by atomic mass is 16.5. The quantitative estimate of drug-likeness (QED) is 0.386. The van der Waals surface area contributed by atoms with Gasteiger partial charge in [0.05, 0.1) is 12.7 Å². The zero-order valence-electron chi connectivity index (χ0n) is 16.7. The molecule has 0 amide bonds. The van der Waals surface area contributed by atoms with E-state index in [9.17, 15) is 5.11 Å². The van der Waals surface area contributed by atoms with Gasteiger partial charge in [0.15, 0.2) is 0 Å². The Labute approximate surface area is 173 Å². The zero-order valence-corrected chi connectivity index (χ0v) is 16.7. The SMILES string of the molecule is C=CC[C@@H](O)[C@@H]1C[C@H]1COC(c1ccccc1)(c1ccccc1)c1ccccc1. The zero-order chi connectivity index (χ0) is 20.1. The first-order valence-electron chi connectivity index (χ1n) is 10.3. The number of rotatable bonds is 9. The fourth-order valence-corrected chi connectivity index (χ4v) is 4.28. The second-order valence-corrected chi connectivity index (χ2v) is 7.84. The summed E-state index contributed by atoms with van der Waals surface area (Å²) in [5, 5.41) is 10.3. The van der Waals surface area contributed by atoms with Crippen molar-refractivity contribution >= 4 is 0 Å². The van der Waals surface area contributed by atoms with Crippen molar-refractivity contribution in [2.45, 2.75) is 24.5 Å². The smallest absolute Gasteiger partial charge is 0.143 e. The van der Waals surface area contributed by atoms with Crippen LogP contribution in [0.5, 0.6) is 0 Å². The summed E-state index contributed by atoms with van der Waals surface area (Å²) in [5.74, 6) is 0.675. The fraction of sp³-hybridized carbons (Fsp3) is 0.259. The third-order valence-corrected chi connectivity index (χ3v) is 5.93. The Hall–Kier alpha value is -2.68. The van der Waals surface area contributed by atoms with E-state index in [1.807, 2.05) is 18.2 Å². The lowest BCUT2D eigenvalue weighted by Gasteiger charge is -2.36. The van der Waals surface area contributed by atoms with Crippen LogP contribution in [0.4, 0.5) is 0 Å². The van der Waals surface area contributed by atoms with Crippen LogP contribution in [0, 0.1) is 11.8 Å². The Morgan fingerprint density at radius 2 is 1.31 bits per heavy atom. The highest BCUT2D eigenvalue weighted by molar-refractivity contribution is 5.47. The molecule has 29 heavy (non-hydrogen) atoms. The molecule has 3 atom stereocenters. The first kappa shape index (κ1) is 19.6. The van der Waals surface area contributed by atoms with Crippen LogP contribution in [0.25, 0.3) is 0 Å². The van der Waals surface area contributed by atoms with Crippen LogP contribution in [-0.2, 0) is 10.3 Å². The summed E-state index contributed by atoms with van der Waals surface area (Å²) in [7, 11) is 0. The molecule has 0 radical (unpaired) electrons. The van der Waals surface area contributed by atoms with Crippen LogP contribution in [-0.4, -0.2) is 17.8 Å². The van der Waals surface area contributed by atoms with Gasteiger partial charge in [-0.15, -0.1) is 6.58 Å². The third kappa shape index (κ3) is 4.05. The second-order valence-electron chi connectivity index (χ2n) is 7.84. The van der Waals surface area contributed by atoms with Crippen LogP contribution in [0.2, 0.25) is 0 Å². The molecule has 1 aliphatic rings. The number of hydrogen-bond donors (Lipinski definition) is 1. The second kappa shape index (κ2) is 8.77. The summed E-state index contributed by atoms with van der Waals surface area (Å²) in [6.45, 7) is 4.36. The van der Waals surface area contributed by atoms with Gasteiger partial charge in [0.25, 0.3) is 0 Å². The summed E-state index contributed by atoms with van der Waals surface area (Å²) >= 11 is 0. The summed E-state index contributed by atoms with van der Waals surface area (Å²) < 4.78 is 6.83. The maximum absolute atomic E-state index is 10.3. The molecule has 1 aliphatic carbocycles. The molecule has 0 spiro atoms. The highest BCUT2D eigenvalue weighted by Crippen LogP contribution is 2.46. The van der Waals surface area contributed by atoms with E-state index >= 15 is 0 Å². The molecule has 0 unspecified atom stereocenters. The maximum Gasteiger partial charge on any atom is 0.143 e. The molecule has 3 aromatic carbocycles. The number of aliphatic hydroxyl groups is 1. The summed E-state index contributed by atoms with van der Waals surface area (Å²) in [5.41, 5.74) is 2.66. The van der Waals surface area contributed by atoms with E-state index < -0.39 is 5.60 Å². The molecule has 0 aliphatic heterocycles. The molecule has 0 heterocycles. The standard InChI is InChI=1S/C27H28O2/c1-2-12-26(28)25-19-21(25)20-29-27(22-13-6-3-7-14-22,23-15-8-4-9-16-23)24-17-10-5-11-18-24/h2-11,13-18,21,25-26,28H,1,12,19-20H2/t21-,25+,26+/m0/s1. The minimum Gasteiger partial charge on any atom is -0.393 e. The first-order chi connectivity index (χ1) is 14.3. The van der Waals surface area contributed by atoms with Gasteiger partial charge < -0.3 is 9.84 Å². The van der Waals surface area contributed by atoms with E-state index in [2.05, 4.69) is 79.4 Å². The number of hydrogen-bond acceptors (Lipinski definition) is 2. The molecule has 1 N–H and O–H groups in total. The van der Waals surface area contributed by atoms with Crippen LogP contribution < -0.4 is 0 Å². The minimum absolute atomic E-state index is 0.299. The van der Waals surface area contributed by atoms with Crippen molar-refractivity contribution in [1.29, 1.82) is 0 Å². The lowest BCUT2D eigenvalue weighted by Crippen LogP contribution is -2.34.